The Labute approximate surface area is 120 Å². The number of piperidine rings is 2. The van der Waals surface area contributed by atoms with Crippen LogP contribution in [0.2, 0.25) is 0 Å². The van der Waals surface area contributed by atoms with E-state index in [1.165, 1.54) is 64.8 Å². The van der Waals surface area contributed by atoms with E-state index in [0.29, 0.717) is 0 Å². The average molecular weight is 270 g/mol. The summed E-state index contributed by atoms with van der Waals surface area (Å²) in [5.74, 6) is 1.87. The first-order valence-electron chi connectivity index (χ1n) is 8.30. The fraction of sp³-hybridized carbons (Fsp3) is 1.00. The summed E-state index contributed by atoms with van der Waals surface area (Å²) < 4.78 is 5.17. The van der Waals surface area contributed by atoms with Crippen LogP contribution in [-0.4, -0.2) is 51.3 Å². The van der Waals surface area contributed by atoms with Gasteiger partial charge in [-0.05, 0) is 70.1 Å². The van der Waals surface area contributed by atoms with E-state index in [1.807, 2.05) is 21.0 Å². The van der Waals surface area contributed by atoms with Crippen LogP contribution in [0.25, 0.3) is 0 Å². The third-order valence-corrected chi connectivity index (χ3v) is 4.41. The van der Waals surface area contributed by atoms with Gasteiger partial charge in [0, 0.05) is 20.3 Å². The van der Waals surface area contributed by atoms with E-state index in [4.69, 9.17) is 4.74 Å². The quantitative estimate of drug-likeness (QED) is 0.831. The van der Waals surface area contributed by atoms with Gasteiger partial charge in [0.05, 0.1) is 0 Å². The van der Waals surface area contributed by atoms with Crippen molar-refractivity contribution in [2.24, 2.45) is 11.8 Å². The zero-order valence-corrected chi connectivity index (χ0v) is 13.3. The van der Waals surface area contributed by atoms with Gasteiger partial charge in [-0.25, -0.2) is 0 Å². The lowest BCUT2D eigenvalue weighted by atomic mass is 9.92. The van der Waals surface area contributed by atoms with Crippen molar-refractivity contribution in [3.05, 3.63) is 0 Å². The zero-order chi connectivity index (χ0) is 13.9. The molecule has 2 heterocycles. The van der Waals surface area contributed by atoms with Gasteiger partial charge in [0.1, 0.15) is 0 Å². The fourth-order valence-corrected chi connectivity index (χ4v) is 3.17. The van der Waals surface area contributed by atoms with Crippen LogP contribution in [0.4, 0.5) is 0 Å². The molecule has 0 atom stereocenters. The van der Waals surface area contributed by atoms with E-state index in [2.05, 4.69) is 10.2 Å². The van der Waals surface area contributed by atoms with Gasteiger partial charge in [-0.15, -0.1) is 0 Å². The molecule has 2 saturated heterocycles. The topological polar surface area (TPSA) is 24.5 Å². The summed E-state index contributed by atoms with van der Waals surface area (Å²) in [6.45, 7) is 11.4. The summed E-state index contributed by atoms with van der Waals surface area (Å²) in [5, 5.41) is 3.45. The molecule has 0 aromatic heterocycles. The van der Waals surface area contributed by atoms with Gasteiger partial charge in [-0.3, -0.25) is 0 Å². The summed E-state index contributed by atoms with van der Waals surface area (Å²) in [7, 11) is 1.81. The average Bonchev–Trinajstić information content (AvgIpc) is 2.50. The molecule has 0 bridgehead atoms. The summed E-state index contributed by atoms with van der Waals surface area (Å²) in [5.41, 5.74) is 0. The van der Waals surface area contributed by atoms with Crippen molar-refractivity contribution in [1.82, 2.24) is 10.2 Å². The number of ether oxygens (including phenoxy) is 1. The molecule has 0 aromatic rings. The Morgan fingerprint density at radius 2 is 1.63 bits per heavy atom. The highest BCUT2D eigenvalue weighted by Gasteiger charge is 2.22. The Morgan fingerprint density at radius 3 is 2.21 bits per heavy atom. The molecule has 2 rings (SSSR count). The largest absolute Gasteiger partial charge is 0.385 e. The van der Waals surface area contributed by atoms with Gasteiger partial charge in [-0.1, -0.05) is 13.8 Å². The number of nitrogens with zero attached hydrogens (tertiary/aromatic N) is 1. The second kappa shape index (κ2) is 10.6. The molecule has 2 aliphatic rings. The van der Waals surface area contributed by atoms with E-state index < -0.39 is 0 Å². The van der Waals surface area contributed by atoms with Crippen LogP contribution in [0, 0.1) is 11.8 Å². The number of hydrogen-bond acceptors (Lipinski definition) is 3. The SMILES string of the molecule is CC.COCCC1CCN(CC2CCNCC2)CC1. The maximum absolute atomic E-state index is 5.17. The highest BCUT2D eigenvalue weighted by Crippen LogP contribution is 2.22. The Morgan fingerprint density at radius 1 is 1.00 bits per heavy atom. The molecule has 0 aromatic carbocycles. The van der Waals surface area contributed by atoms with Crippen molar-refractivity contribution in [3.8, 4) is 0 Å². The van der Waals surface area contributed by atoms with Crippen molar-refractivity contribution < 1.29 is 4.74 Å². The minimum atomic E-state index is 0.916. The summed E-state index contributed by atoms with van der Waals surface area (Å²) >= 11 is 0. The third kappa shape index (κ3) is 6.73. The van der Waals surface area contributed by atoms with Crippen LogP contribution < -0.4 is 5.32 Å². The molecule has 114 valence electrons. The second-order valence-corrected chi connectivity index (χ2v) is 5.72. The van der Waals surface area contributed by atoms with E-state index in [-0.39, 0.29) is 0 Å². The van der Waals surface area contributed by atoms with Crippen LogP contribution in [0.15, 0.2) is 0 Å². The van der Waals surface area contributed by atoms with Crippen molar-refractivity contribution in [2.75, 3.05) is 46.4 Å². The Hall–Kier alpha value is -0.120. The Kier molecular flexibility index (Phi) is 9.48. The maximum atomic E-state index is 5.17. The number of nitrogens with one attached hydrogen (secondary N) is 1. The molecule has 0 saturated carbocycles. The lowest BCUT2D eigenvalue weighted by molar-refractivity contribution is 0.120. The number of hydrogen-bond donors (Lipinski definition) is 1. The van der Waals surface area contributed by atoms with Gasteiger partial charge in [-0.2, -0.15) is 0 Å². The highest BCUT2D eigenvalue weighted by molar-refractivity contribution is 4.77. The first kappa shape index (κ1) is 16.9. The van der Waals surface area contributed by atoms with Crippen molar-refractivity contribution in [2.45, 2.75) is 46.0 Å². The molecule has 0 spiro atoms. The predicted molar refractivity (Wildman–Crippen MR) is 82.6 cm³/mol. The summed E-state index contributed by atoms with van der Waals surface area (Å²) in [4.78, 5) is 2.69. The zero-order valence-electron chi connectivity index (χ0n) is 13.3. The lowest BCUT2D eigenvalue weighted by Crippen LogP contribution is -2.40. The first-order valence-corrected chi connectivity index (χ1v) is 8.30. The van der Waals surface area contributed by atoms with Gasteiger partial charge >= 0.3 is 0 Å². The molecule has 19 heavy (non-hydrogen) atoms. The van der Waals surface area contributed by atoms with Crippen LogP contribution in [0.1, 0.15) is 46.0 Å². The molecule has 2 fully saturated rings. The molecule has 2 aliphatic heterocycles. The van der Waals surface area contributed by atoms with E-state index in [0.717, 1.165) is 18.4 Å². The second-order valence-electron chi connectivity index (χ2n) is 5.72. The fourth-order valence-electron chi connectivity index (χ4n) is 3.17. The smallest absolute Gasteiger partial charge is 0.0464 e. The molecule has 0 aliphatic carbocycles. The standard InChI is InChI=1S/C14H28N2O.C2H6/c1-17-11-6-13-4-9-16(10-5-13)12-14-2-7-15-8-3-14;1-2/h13-15H,2-12H2,1H3;1-2H3. The van der Waals surface area contributed by atoms with Gasteiger partial charge in [0.15, 0.2) is 0 Å². The van der Waals surface area contributed by atoms with E-state index in [9.17, 15) is 0 Å². The van der Waals surface area contributed by atoms with Crippen LogP contribution in [-0.2, 0) is 4.74 Å². The van der Waals surface area contributed by atoms with Crippen molar-refractivity contribution in [1.29, 1.82) is 0 Å². The Balaban J connectivity index is 0.000000861. The number of rotatable bonds is 5. The molecule has 0 unspecified atom stereocenters. The molecule has 0 amide bonds. The third-order valence-electron chi connectivity index (χ3n) is 4.41. The van der Waals surface area contributed by atoms with Crippen LogP contribution in [0.5, 0.6) is 0 Å². The van der Waals surface area contributed by atoms with Crippen LogP contribution >= 0.6 is 0 Å². The molecular weight excluding hydrogens is 236 g/mol. The first-order chi connectivity index (χ1) is 9.38. The van der Waals surface area contributed by atoms with Crippen molar-refractivity contribution in [3.63, 3.8) is 0 Å². The predicted octanol–water partition coefficient (Wildman–Crippen LogP) is 2.76. The lowest BCUT2D eigenvalue weighted by Gasteiger charge is -2.35. The number of methoxy groups -OCH3 is 1. The van der Waals surface area contributed by atoms with Gasteiger partial charge < -0.3 is 15.0 Å². The van der Waals surface area contributed by atoms with E-state index in [1.54, 1.807) is 0 Å². The minimum Gasteiger partial charge on any atom is -0.385 e. The van der Waals surface area contributed by atoms with Crippen molar-refractivity contribution >= 4 is 0 Å². The number of likely N-dealkylation sites (tertiary alicyclic amines) is 1. The van der Waals surface area contributed by atoms with Gasteiger partial charge in [0.25, 0.3) is 0 Å². The highest BCUT2D eigenvalue weighted by atomic mass is 16.5. The minimum absolute atomic E-state index is 0.916. The van der Waals surface area contributed by atoms with Crippen LogP contribution in [0.3, 0.4) is 0 Å². The Bertz CT molecular complexity index is 197. The van der Waals surface area contributed by atoms with Gasteiger partial charge in [0.2, 0.25) is 0 Å². The normalized spacial score (nSPS) is 22.9. The molecule has 3 nitrogen and oxygen atoms in total. The monoisotopic (exact) mass is 270 g/mol. The maximum Gasteiger partial charge on any atom is 0.0464 e. The molecular formula is C16H34N2O. The molecule has 0 radical (unpaired) electrons. The van der Waals surface area contributed by atoms with E-state index >= 15 is 0 Å². The molecule has 3 heteroatoms. The molecule has 1 N–H and O–H groups in total. The summed E-state index contributed by atoms with van der Waals surface area (Å²) in [6, 6.07) is 0. The summed E-state index contributed by atoms with van der Waals surface area (Å²) in [6.07, 6.45) is 6.79.